The van der Waals surface area contributed by atoms with Crippen LogP contribution in [-0.4, -0.2) is 23.7 Å². The first-order chi connectivity index (χ1) is 24.7. The van der Waals surface area contributed by atoms with Gasteiger partial charge < -0.3 is 9.13 Å². The van der Waals surface area contributed by atoms with Gasteiger partial charge in [0.25, 0.3) is 0 Å². The van der Waals surface area contributed by atoms with Crippen LogP contribution < -0.4 is 0 Å². The van der Waals surface area contributed by atoms with Crippen LogP contribution in [0.5, 0.6) is 0 Å². The van der Waals surface area contributed by atoms with Crippen molar-refractivity contribution in [2.75, 3.05) is 0 Å². The number of imidazole rings is 1. The van der Waals surface area contributed by atoms with Gasteiger partial charge >= 0.3 is 0 Å². The molecule has 4 aromatic heterocycles. The second-order valence-corrected chi connectivity index (χ2v) is 12.8. The van der Waals surface area contributed by atoms with Gasteiger partial charge in [0.1, 0.15) is 11.6 Å². The highest BCUT2D eigenvalue weighted by molar-refractivity contribution is 6.23. The molecular formula is C44H30FN5. The Labute approximate surface area is 287 Å². The van der Waals surface area contributed by atoms with Crippen molar-refractivity contribution < 1.29 is 4.39 Å². The fourth-order valence-electron chi connectivity index (χ4n) is 7.72. The van der Waals surface area contributed by atoms with Crippen molar-refractivity contribution >= 4 is 54.6 Å². The van der Waals surface area contributed by atoms with Crippen molar-refractivity contribution in [3.8, 4) is 22.9 Å². The van der Waals surface area contributed by atoms with Crippen LogP contribution >= 0.6 is 0 Å². The third-order valence-electron chi connectivity index (χ3n) is 10.00. The van der Waals surface area contributed by atoms with Crippen molar-refractivity contribution in [1.82, 2.24) is 23.7 Å². The Morgan fingerprint density at radius 2 is 1.22 bits per heavy atom. The van der Waals surface area contributed by atoms with E-state index in [0.29, 0.717) is 11.1 Å². The zero-order valence-electron chi connectivity index (χ0n) is 27.2. The lowest BCUT2D eigenvalue weighted by molar-refractivity contribution is 0.402. The molecule has 6 aromatic carbocycles. The van der Waals surface area contributed by atoms with Gasteiger partial charge in [-0.05, 0) is 65.7 Å². The fourth-order valence-corrected chi connectivity index (χ4v) is 7.72. The van der Waals surface area contributed by atoms with E-state index in [9.17, 15) is 0 Å². The number of aryl methyl sites for hydroxylation is 1. The molecule has 0 spiro atoms. The van der Waals surface area contributed by atoms with Crippen LogP contribution in [-0.2, 0) is 7.05 Å². The van der Waals surface area contributed by atoms with Crippen molar-refractivity contribution in [3.63, 3.8) is 0 Å². The van der Waals surface area contributed by atoms with Gasteiger partial charge in [0.15, 0.2) is 6.17 Å². The SMILES string of the molecule is Cn1c(-c2cccc(C(F)c3ccc4c5ccc6c7ccccc7n(-c7ccccc7)c6c5n(-c5ccccn5)c4c3)c2)nc2ccccc21. The highest BCUT2D eigenvalue weighted by Gasteiger charge is 2.23. The molecule has 1 atom stereocenters. The molecule has 238 valence electrons. The Bertz CT molecular complexity index is 2900. The molecule has 0 N–H and O–H groups in total. The lowest BCUT2D eigenvalue weighted by Crippen LogP contribution is -2.01. The zero-order chi connectivity index (χ0) is 33.3. The van der Waals surface area contributed by atoms with E-state index in [0.717, 1.165) is 72.2 Å². The van der Waals surface area contributed by atoms with E-state index in [1.165, 1.54) is 5.39 Å². The van der Waals surface area contributed by atoms with Gasteiger partial charge in [0.05, 0.1) is 33.1 Å². The molecule has 0 fully saturated rings. The van der Waals surface area contributed by atoms with Gasteiger partial charge in [0.2, 0.25) is 0 Å². The predicted molar refractivity (Wildman–Crippen MR) is 202 cm³/mol. The fraction of sp³-hybridized carbons (Fsp3) is 0.0455. The minimum Gasteiger partial charge on any atom is -0.327 e. The van der Waals surface area contributed by atoms with E-state index < -0.39 is 6.17 Å². The van der Waals surface area contributed by atoms with Crippen LogP contribution in [0.1, 0.15) is 17.3 Å². The van der Waals surface area contributed by atoms with Gasteiger partial charge in [-0.3, -0.25) is 4.57 Å². The first-order valence-corrected chi connectivity index (χ1v) is 16.8. The average Bonchev–Trinajstić information content (AvgIpc) is 3.82. The first kappa shape index (κ1) is 28.5. The van der Waals surface area contributed by atoms with E-state index in [2.05, 4.69) is 86.5 Å². The number of alkyl halides is 1. The summed E-state index contributed by atoms with van der Waals surface area (Å²) in [5, 5.41) is 4.46. The maximum absolute atomic E-state index is 16.8. The van der Waals surface area contributed by atoms with Crippen molar-refractivity contribution in [2.45, 2.75) is 6.17 Å². The van der Waals surface area contributed by atoms with E-state index in [-0.39, 0.29) is 0 Å². The topological polar surface area (TPSA) is 40.6 Å². The number of para-hydroxylation sites is 4. The van der Waals surface area contributed by atoms with Gasteiger partial charge in [-0.15, -0.1) is 0 Å². The Hall–Kier alpha value is -6.53. The summed E-state index contributed by atoms with van der Waals surface area (Å²) in [4.78, 5) is 9.70. The van der Waals surface area contributed by atoms with Crippen molar-refractivity contribution in [3.05, 3.63) is 169 Å². The molecule has 0 radical (unpaired) electrons. The van der Waals surface area contributed by atoms with E-state index in [1.54, 1.807) is 0 Å². The summed E-state index contributed by atoms with van der Waals surface area (Å²) in [5.41, 5.74) is 9.24. The third-order valence-corrected chi connectivity index (χ3v) is 10.00. The Balaban J connectivity index is 1.22. The minimum absolute atomic E-state index is 0.583. The summed E-state index contributed by atoms with van der Waals surface area (Å²) < 4.78 is 23.4. The normalized spacial score (nSPS) is 12.5. The maximum Gasteiger partial charge on any atom is 0.150 e. The van der Waals surface area contributed by atoms with Gasteiger partial charge in [-0.1, -0.05) is 97.1 Å². The zero-order valence-corrected chi connectivity index (χ0v) is 27.2. The molecule has 0 aliphatic carbocycles. The van der Waals surface area contributed by atoms with Crippen LogP contribution in [0.3, 0.4) is 0 Å². The molecule has 0 amide bonds. The number of hydrogen-bond acceptors (Lipinski definition) is 2. The summed E-state index contributed by atoms with van der Waals surface area (Å²) in [5.74, 6) is 1.59. The number of nitrogens with zero attached hydrogens (tertiary/aromatic N) is 5. The number of benzene rings is 6. The molecular weight excluding hydrogens is 618 g/mol. The molecule has 10 rings (SSSR count). The first-order valence-electron chi connectivity index (χ1n) is 16.8. The summed E-state index contributed by atoms with van der Waals surface area (Å²) in [6, 6.07) is 51.1. The highest BCUT2D eigenvalue weighted by atomic mass is 19.1. The van der Waals surface area contributed by atoms with E-state index in [4.69, 9.17) is 9.97 Å². The number of halogens is 1. The average molecular weight is 648 g/mol. The van der Waals surface area contributed by atoms with Gasteiger partial charge in [-0.25, -0.2) is 14.4 Å². The van der Waals surface area contributed by atoms with Gasteiger partial charge in [0, 0.05) is 46.0 Å². The molecule has 0 aliphatic rings. The van der Waals surface area contributed by atoms with Crippen LogP contribution in [0.25, 0.3) is 77.5 Å². The lowest BCUT2D eigenvalue weighted by Gasteiger charge is -2.13. The summed E-state index contributed by atoms with van der Waals surface area (Å²) >= 11 is 0. The number of rotatable bonds is 5. The number of pyridine rings is 1. The molecule has 0 aliphatic heterocycles. The third kappa shape index (κ3) is 4.18. The smallest absolute Gasteiger partial charge is 0.150 e. The lowest BCUT2D eigenvalue weighted by atomic mass is 9.99. The molecule has 0 saturated carbocycles. The molecule has 4 heterocycles. The second-order valence-electron chi connectivity index (χ2n) is 12.8. The van der Waals surface area contributed by atoms with Crippen molar-refractivity contribution in [1.29, 1.82) is 0 Å². The molecule has 50 heavy (non-hydrogen) atoms. The van der Waals surface area contributed by atoms with E-state index in [1.807, 2.05) is 92.1 Å². The minimum atomic E-state index is -1.35. The number of fused-ring (bicyclic) bond motifs is 8. The standard InChI is InChI=1S/C44H30FN5/c1-48-38-19-8-6-17-36(38)47-44(48)30-13-11-12-28(26-30)41(45)29-21-22-33-35-24-23-34-32-16-5-7-18-37(32)49(31-14-3-2-4-15-31)42(34)43(35)50(39(33)27-29)40-20-9-10-25-46-40/h2-27,41H,1H3. The summed E-state index contributed by atoms with van der Waals surface area (Å²) in [6.45, 7) is 0. The molecule has 5 nitrogen and oxygen atoms in total. The predicted octanol–water partition coefficient (Wildman–Crippen LogP) is 10.9. The summed E-state index contributed by atoms with van der Waals surface area (Å²) in [7, 11) is 2.00. The molecule has 10 aromatic rings. The van der Waals surface area contributed by atoms with Crippen molar-refractivity contribution in [2.24, 2.45) is 7.05 Å². The van der Waals surface area contributed by atoms with Crippen LogP contribution in [0.4, 0.5) is 4.39 Å². The maximum atomic E-state index is 16.8. The summed E-state index contributed by atoms with van der Waals surface area (Å²) in [6.07, 6.45) is 0.467. The Morgan fingerprint density at radius 3 is 2.02 bits per heavy atom. The van der Waals surface area contributed by atoms with Crippen LogP contribution in [0.15, 0.2) is 158 Å². The van der Waals surface area contributed by atoms with Crippen LogP contribution in [0, 0.1) is 0 Å². The quantitative estimate of drug-likeness (QED) is 0.187. The van der Waals surface area contributed by atoms with Gasteiger partial charge in [-0.2, -0.15) is 0 Å². The van der Waals surface area contributed by atoms with Crippen LogP contribution in [0.2, 0.25) is 0 Å². The molecule has 0 saturated heterocycles. The Kier molecular flexibility index (Phi) is 6.27. The largest absolute Gasteiger partial charge is 0.327 e. The molecule has 6 heteroatoms. The Morgan fingerprint density at radius 1 is 0.540 bits per heavy atom. The highest BCUT2D eigenvalue weighted by Crippen LogP contribution is 2.42. The molecule has 1 unspecified atom stereocenters. The van der Waals surface area contributed by atoms with E-state index >= 15 is 4.39 Å². The number of hydrogen-bond donors (Lipinski definition) is 0. The molecule has 0 bridgehead atoms. The number of aromatic nitrogens is 5. The second kappa shape index (κ2) is 11.0. The monoisotopic (exact) mass is 647 g/mol.